The van der Waals surface area contributed by atoms with Gasteiger partial charge in [0, 0.05) is 5.56 Å². The Morgan fingerprint density at radius 3 is 2.46 bits per heavy atom. The molecule has 6 rings (SSSR count). The molecule has 3 N–H and O–H groups in total. The van der Waals surface area contributed by atoms with Crippen LogP contribution in [-0.2, 0) is 12.8 Å². The number of fused-ring (bicyclic) bond motifs is 1. The molecule has 0 saturated carbocycles. The first-order valence-electron chi connectivity index (χ1n) is 12.7. The lowest BCUT2D eigenvalue weighted by molar-refractivity contribution is 0.262. The second kappa shape index (κ2) is 11.0. The summed E-state index contributed by atoms with van der Waals surface area (Å²) in [6.07, 6.45) is 4.32. The largest absolute Gasteiger partial charge is 0.455 e. The van der Waals surface area contributed by atoms with Crippen LogP contribution in [0.4, 0.5) is 16.2 Å². The van der Waals surface area contributed by atoms with E-state index < -0.39 is 6.03 Å². The molecule has 0 atom stereocenters. The van der Waals surface area contributed by atoms with Gasteiger partial charge in [0.2, 0.25) is 5.82 Å². The number of aryl methyl sites for hydroxylation is 1. The monoisotopic (exact) mass is 536 g/mol. The predicted octanol–water partition coefficient (Wildman–Crippen LogP) is 7.50. The van der Waals surface area contributed by atoms with Crippen molar-refractivity contribution in [2.75, 3.05) is 10.6 Å². The second-order valence-electron chi connectivity index (χ2n) is 9.25. The third-order valence-electron chi connectivity index (χ3n) is 6.75. The Kier molecular flexibility index (Phi) is 6.93. The standard InChI is InChI=1S/C30H25ClN6O2/c31-24-13-5-6-14-25(24)32-30(38)33-26-18-20(21-10-3-4-12-23(21)29-34-36-37-35-29)16-17-28(26)39-27-15-7-9-19-8-1-2-11-22(19)27/h3-7,9-10,12-18H,1-2,8,11H2,(H2,32,33,38)(H,34,35,36,37). The van der Waals surface area contributed by atoms with Crippen LogP contribution in [-0.4, -0.2) is 26.7 Å². The molecule has 39 heavy (non-hydrogen) atoms. The summed E-state index contributed by atoms with van der Waals surface area (Å²) in [4.78, 5) is 13.1. The van der Waals surface area contributed by atoms with E-state index in [4.69, 9.17) is 16.3 Å². The third kappa shape index (κ3) is 5.32. The number of ether oxygens (including phenoxy) is 1. The number of H-pyrrole nitrogens is 1. The van der Waals surface area contributed by atoms with Gasteiger partial charge in [-0.25, -0.2) is 4.79 Å². The third-order valence-corrected chi connectivity index (χ3v) is 7.08. The SMILES string of the molecule is O=C(Nc1ccccc1Cl)Nc1cc(-c2ccccc2-c2nn[nH]n2)ccc1Oc1cccc2c1CCCC2. The first kappa shape index (κ1) is 24.6. The van der Waals surface area contributed by atoms with Crippen molar-refractivity contribution >= 4 is 29.0 Å². The summed E-state index contributed by atoms with van der Waals surface area (Å²) in [5.41, 5.74) is 6.10. The van der Waals surface area contributed by atoms with Crippen LogP contribution in [0, 0.1) is 0 Å². The number of aromatic amines is 1. The average molecular weight is 537 g/mol. The van der Waals surface area contributed by atoms with Crippen molar-refractivity contribution in [2.24, 2.45) is 0 Å². The van der Waals surface area contributed by atoms with E-state index in [0.29, 0.717) is 28.0 Å². The molecule has 0 bridgehead atoms. The maximum absolute atomic E-state index is 13.1. The molecule has 0 radical (unpaired) electrons. The van der Waals surface area contributed by atoms with Crippen LogP contribution < -0.4 is 15.4 Å². The second-order valence-corrected chi connectivity index (χ2v) is 9.66. The Balaban J connectivity index is 1.38. The molecule has 0 fully saturated rings. The van der Waals surface area contributed by atoms with Crippen LogP contribution in [0.25, 0.3) is 22.5 Å². The highest BCUT2D eigenvalue weighted by atomic mass is 35.5. The number of nitrogens with zero attached hydrogens (tertiary/aromatic N) is 3. The van der Waals surface area contributed by atoms with E-state index in [0.717, 1.165) is 41.7 Å². The molecule has 1 aliphatic carbocycles. The molecule has 4 aromatic carbocycles. The number of para-hydroxylation sites is 1. The van der Waals surface area contributed by atoms with Crippen LogP contribution >= 0.6 is 11.6 Å². The molecule has 2 amide bonds. The molecule has 1 aliphatic rings. The Labute approximate surface area is 230 Å². The van der Waals surface area contributed by atoms with Gasteiger partial charge in [-0.15, -0.1) is 10.2 Å². The van der Waals surface area contributed by atoms with Gasteiger partial charge in [0.15, 0.2) is 5.75 Å². The summed E-state index contributed by atoms with van der Waals surface area (Å²) in [5, 5.41) is 20.7. The van der Waals surface area contributed by atoms with Crippen molar-refractivity contribution < 1.29 is 9.53 Å². The topological polar surface area (TPSA) is 105 Å². The maximum atomic E-state index is 13.1. The van der Waals surface area contributed by atoms with Gasteiger partial charge in [0.25, 0.3) is 0 Å². The normalized spacial score (nSPS) is 12.4. The van der Waals surface area contributed by atoms with Gasteiger partial charge in [-0.2, -0.15) is 5.21 Å². The fraction of sp³-hybridized carbons (Fsp3) is 0.133. The number of hydrogen-bond acceptors (Lipinski definition) is 5. The molecule has 5 aromatic rings. The quantitative estimate of drug-likeness (QED) is 0.208. The lowest BCUT2D eigenvalue weighted by atomic mass is 9.91. The van der Waals surface area contributed by atoms with Gasteiger partial charge in [0.1, 0.15) is 5.75 Å². The fourth-order valence-corrected chi connectivity index (χ4v) is 5.07. The van der Waals surface area contributed by atoms with Gasteiger partial charge < -0.3 is 15.4 Å². The lowest BCUT2D eigenvalue weighted by Gasteiger charge is -2.21. The summed E-state index contributed by atoms with van der Waals surface area (Å²) in [5.74, 6) is 1.82. The van der Waals surface area contributed by atoms with Crippen molar-refractivity contribution in [3.8, 4) is 34.0 Å². The number of anilines is 2. The number of aromatic nitrogens is 4. The number of carbonyl (C=O) groups is 1. The van der Waals surface area contributed by atoms with Crippen LogP contribution in [0.15, 0.2) is 84.9 Å². The highest BCUT2D eigenvalue weighted by molar-refractivity contribution is 6.33. The van der Waals surface area contributed by atoms with Crippen molar-refractivity contribution in [1.82, 2.24) is 20.6 Å². The number of carbonyl (C=O) groups excluding carboxylic acids is 1. The summed E-state index contributed by atoms with van der Waals surface area (Å²) in [7, 11) is 0. The Morgan fingerprint density at radius 1 is 0.821 bits per heavy atom. The summed E-state index contributed by atoms with van der Waals surface area (Å²) in [6, 6.07) is 26.3. The summed E-state index contributed by atoms with van der Waals surface area (Å²) >= 11 is 6.26. The molecule has 0 spiro atoms. The number of tetrazole rings is 1. The van der Waals surface area contributed by atoms with Crippen molar-refractivity contribution in [1.29, 1.82) is 0 Å². The average Bonchev–Trinajstić information content (AvgIpc) is 3.51. The Hall–Kier alpha value is -4.69. The van der Waals surface area contributed by atoms with Gasteiger partial charge in [-0.05, 0) is 83.5 Å². The van der Waals surface area contributed by atoms with E-state index >= 15 is 0 Å². The molecule has 0 aliphatic heterocycles. The maximum Gasteiger partial charge on any atom is 0.323 e. The minimum absolute atomic E-state index is 0.438. The van der Waals surface area contributed by atoms with E-state index in [-0.39, 0.29) is 0 Å². The molecule has 194 valence electrons. The fourth-order valence-electron chi connectivity index (χ4n) is 4.89. The number of hydrogen-bond donors (Lipinski definition) is 3. The van der Waals surface area contributed by atoms with Gasteiger partial charge in [0.05, 0.1) is 16.4 Å². The predicted molar refractivity (Wildman–Crippen MR) is 152 cm³/mol. The molecular weight excluding hydrogens is 512 g/mol. The molecule has 1 heterocycles. The smallest absolute Gasteiger partial charge is 0.323 e. The number of rotatable bonds is 6. The highest BCUT2D eigenvalue weighted by Crippen LogP contribution is 2.39. The first-order valence-corrected chi connectivity index (χ1v) is 13.1. The molecular formula is C30H25ClN6O2. The van der Waals surface area contributed by atoms with Crippen molar-refractivity contribution in [2.45, 2.75) is 25.7 Å². The zero-order valence-electron chi connectivity index (χ0n) is 20.9. The molecule has 0 saturated heterocycles. The van der Waals surface area contributed by atoms with E-state index in [1.54, 1.807) is 12.1 Å². The van der Waals surface area contributed by atoms with Crippen LogP contribution in [0.5, 0.6) is 11.5 Å². The van der Waals surface area contributed by atoms with E-state index in [9.17, 15) is 4.79 Å². The molecule has 9 heteroatoms. The number of urea groups is 1. The lowest BCUT2D eigenvalue weighted by Crippen LogP contribution is -2.20. The van der Waals surface area contributed by atoms with Gasteiger partial charge in [-0.1, -0.05) is 66.2 Å². The van der Waals surface area contributed by atoms with Gasteiger partial charge >= 0.3 is 6.03 Å². The van der Waals surface area contributed by atoms with Crippen molar-refractivity contribution in [3.05, 3.63) is 101 Å². The molecule has 0 unspecified atom stereocenters. The molecule has 8 nitrogen and oxygen atoms in total. The van der Waals surface area contributed by atoms with Crippen LogP contribution in [0.2, 0.25) is 5.02 Å². The Bertz CT molecular complexity index is 1640. The number of halogens is 1. The summed E-state index contributed by atoms with van der Waals surface area (Å²) < 4.78 is 6.47. The Morgan fingerprint density at radius 2 is 1.62 bits per heavy atom. The first-order chi connectivity index (χ1) is 19.2. The van der Waals surface area contributed by atoms with Crippen LogP contribution in [0.3, 0.4) is 0 Å². The minimum Gasteiger partial charge on any atom is -0.455 e. The zero-order chi connectivity index (χ0) is 26.6. The van der Waals surface area contributed by atoms with Crippen molar-refractivity contribution in [3.63, 3.8) is 0 Å². The number of benzene rings is 4. The molecule has 1 aromatic heterocycles. The van der Waals surface area contributed by atoms with Crippen LogP contribution in [0.1, 0.15) is 24.0 Å². The van der Waals surface area contributed by atoms with Gasteiger partial charge in [-0.3, -0.25) is 0 Å². The summed E-state index contributed by atoms with van der Waals surface area (Å²) in [6.45, 7) is 0. The van der Waals surface area contributed by atoms with E-state index in [2.05, 4.69) is 37.3 Å². The minimum atomic E-state index is -0.438. The number of amides is 2. The van der Waals surface area contributed by atoms with E-state index in [1.807, 2.05) is 66.7 Å². The zero-order valence-corrected chi connectivity index (χ0v) is 21.7. The highest BCUT2D eigenvalue weighted by Gasteiger charge is 2.18. The number of nitrogens with one attached hydrogen (secondary N) is 3. The van der Waals surface area contributed by atoms with E-state index in [1.165, 1.54) is 17.5 Å².